The second-order valence-corrected chi connectivity index (χ2v) is 10.6. The van der Waals surface area contributed by atoms with Crippen LogP contribution in [-0.2, 0) is 30.8 Å². The molecule has 5 rings (SSSR count). The molecule has 8 heteroatoms. The monoisotopic (exact) mass is 466 g/mol. The zero-order chi connectivity index (χ0) is 22.7. The zero-order valence-corrected chi connectivity index (χ0v) is 18.7. The Morgan fingerprint density at radius 3 is 2.47 bits per heavy atom. The van der Waals surface area contributed by atoms with E-state index in [1.807, 2.05) is 19.1 Å². The van der Waals surface area contributed by atoms with E-state index in [-0.39, 0.29) is 6.54 Å². The summed E-state index contributed by atoms with van der Waals surface area (Å²) in [5, 5.41) is 0.516. The Hall–Kier alpha value is -3.16. The number of rotatable bonds is 3. The van der Waals surface area contributed by atoms with Crippen LogP contribution in [-0.4, -0.2) is 26.0 Å². The Morgan fingerprint density at radius 2 is 1.72 bits per heavy atom. The topological polar surface area (TPSA) is 74.8 Å². The van der Waals surface area contributed by atoms with Crippen molar-refractivity contribution in [3.8, 4) is 0 Å². The first-order valence-electron chi connectivity index (χ1n) is 10.0. The van der Waals surface area contributed by atoms with Crippen molar-refractivity contribution in [2.24, 2.45) is 0 Å². The van der Waals surface area contributed by atoms with Gasteiger partial charge in [-0.3, -0.25) is 14.5 Å². The molecule has 1 spiro atoms. The van der Waals surface area contributed by atoms with Crippen molar-refractivity contribution in [2.75, 3.05) is 15.6 Å². The Kier molecular flexibility index (Phi) is 4.65. The van der Waals surface area contributed by atoms with Gasteiger partial charge in [-0.05, 0) is 48.4 Å². The molecule has 2 amide bonds. The molecule has 0 N–H and O–H groups in total. The number of aryl methyl sites for hydroxylation is 1. The molecule has 2 aliphatic heterocycles. The van der Waals surface area contributed by atoms with Gasteiger partial charge in [-0.25, -0.2) is 8.42 Å². The molecule has 0 unspecified atom stereocenters. The predicted octanol–water partition coefficient (Wildman–Crippen LogP) is 3.81. The average Bonchev–Trinajstić information content (AvgIpc) is 3.11. The molecule has 1 saturated heterocycles. The highest BCUT2D eigenvalue weighted by Gasteiger charge is 2.69. The van der Waals surface area contributed by atoms with Crippen molar-refractivity contribution in [1.82, 2.24) is 0 Å². The summed E-state index contributed by atoms with van der Waals surface area (Å²) in [7, 11) is -4.18. The number of hydrogen-bond donors (Lipinski definition) is 0. The highest BCUT2D eigenvalue weighted by molar-refractivity contribution is 7.94. The Balaban J connectivity index is 1.74. The minimum atomic E-state index is -4.18. The normalized spacial score (nSPS) is 21.4. The summed E-state index contributed by atoms with van der Waals surface area (Å²) in [6, 6.07) is 20.8. The molecule has 1 fully saturated rings. The molecule has 3 aromatic carbocycles. The molecular weight excluding hydrogens is 448 g/mol. The van der Waals surface area contributed by atoms with Crippen molar-refractivity contribution in [3.63, 3.8) is 0 Å². The predicted molar refractivity (Wildman–Crippen MR) is 123 cm³/mol. The first kappa shape index (κ1) is 20.7. The van der Waals surface area contributed by atoms with Gasteiger partial charge in [0.1, 0.15) is 5.75 Å². The largest absolute Gasteiger partial charge is 0.304 e. The van der Waals surface area contributed by atoms with E-state index >= 15 is 0 Å². The second-order valence-electron chi connectivity index (χ2n) is 8.01. The van der Waals surface area contributed by atoms with Crippen molar-refractivity contribution < 1.29 is 18.0 Å². The third kappa shape index (κ3) is 2.81. The van der Waals surface area contributed by atoms with Crippen LogP contribution in [0.25, 0.3) is 0 Å². The number of sulfone groups is 1. The lowest BCUT2D eigenvalue weighted by Crippen LogP contribution is -2.54. The summed E-state index contributed by atoms with van der Waals surface area (Å²) in [6.07, 6.45) is 0. The van der Waals surface area contributed by atoms with Gasteiger partial charge in [-0.15, -0.1) is 0 Å². The smallest absolute Gasteiger partial charge is 0.274 e. The lowest BCUT2D eigenvalue weighted by molar-refractivity contribution is -0.123. The third-order valence-corrected chi connectivity index (χ3v) is 8.25. The molecular formula is C24H19ClN2O4S. The van der Waals surface area contributed by atoms with E-state index in [0.717, 1.165) is 16.0 Å². The van der Waals surface area contributed by atoms with E-state index < -0.39 is 32.3 Å². The fourth-order valence-corrected chi connectivity index (χ4v) is 6.88. The Labute approximate surface area is 190 Å². The van der Waals surface area contributed by atoms with Gasteiger partial charge in [-0.1, -0.05) is 54.1 Å². The van der Waals surface area contributed by atoms with Gasteiger partial charge in [0.05, 0.1) is 12.2 Å². The molecule has 3 aromatic rings. The molecule has 0 saturated carbocycles. The van der Waals surface area contributed by atoms with Crippen LogP contribution in [0, 0.1) is 6.92 Å². The molecule has 162 valence electrons. The van der Waals surface area contributed by atoms with E-state index in [2.05, 4.69) is 0 Å². The Bertz CT molecular complexity index is 1390. The molecule has 0 radical (unpaired) electrons. The maximum Gasteiger partial charge on any atom is 0.274 e. The van der Waals surface area contributed by atoms with Crippen molar-refractivity contribution >= 4 is 44.6 Å². The number of fused-ring (bicyclic) bond motifs is 2. The highest BCUT2D eigenvalue weighted by atomic mass is 35.5. The number of carbonyl (C=O) groups is 2. The fourth-order valence-electron chi connectivity index (χ4n) is 4.63. The molecule has 0 aliphatic carbocycles. The SMILES string of the molecule is Cc1cccc(N2C(=O)CS(=O)(=O)[C@@]23C(=O)N(Cc2cccc(Cl)c2)c2ccccc23)c1. The van der Waals surface area contributed by atoms with Crippen molar-refractivity contribution in [1.29, 1.82) is 0 Å². The van der Waals surface area contributed by atoms with Gasteiger partial charge < -0.3 is 4.90 Å². The van der Waals surface area contributed by atoms with E-state index in [1.54, 1.807) is 60.7 Å². The van der Waals surface area contributed by atoms with Crippen LogP contribution in [0.2, 0.25) is 5.02 Å². The van der Waals surface area contributed by atoms with Crippen LogP contribution in [0.3, 0.4) is 0 Å². The molecule has 1 atom stereocenters. The molecule has 2 heterocycles. The lowest BCUT2D eigenvalue weighted by atomic mass is 10.0. The summed E-state index contributed by atoms with van der Waals surface area (Å²) in [5.41, 5.74) is 2.74. The number of benzene rings is 3. The summed E-state index contributed by atoms with van der Waals surface area (Å²) in [6.45, 7) is 1.98. The maximum absolute atomic E-state index is 14.0. The van der Waals surface area contributed by atoms with Crippen LogP contribution in [0.15, 0.2) is 72.8 Å². The number of para-hydroxylation sites is 1. The van der Waals surface area contributed by atoms with E-state index in [9.17, 15) is 18.0 Å². The molecule has 0 aromatic heterocycles. The number of hydrogen-bond acceptors (Lipinski definition) is 4. The number of anilines is 2. The van der Waals surface area contributed by atoms with Crippen molar-refractivity contribution in [3.05, 3.63) is 94.5 Å². The molecule has 2 aliphatic rings. The standard InChI is InChI=1S/C24H19ClN2O4S/c1-16-6-4-9-19(12-16)27-22(28)15-32(30,31)24(27)20-10-2-3-11-21(20)26(23(24)29)14-17-7-5-8-18(25)13-17/h2-13H,14-15H2,1H3/t24-/m0/s1. The van der Waals surface area contributed by atoms with Crippen LogP contribution in [0.5, 0.6) is 0 Å². The molecule has 32 heavy (non-hydrogen) atoms. The molecule has 0 bridgehead atoms. The Morgan fingerprint density at radius 1 is 0.969 bits per heavy atom. The number of halogens is 1. The minimum absolute atomic E-state index is 0.128. The third-order valence-electron chi connectivity index (χ3n) is 5.91. The highest BCUT2D eigenvalue weighted by Crippen LogP contribution is 2.52. The van der Waals surface area contributed by atoms with Crippen molar-refractivity contribution in [2.45, 2.75) is 18.3 Å². The summed E-state index contributed by atoms with van der Waals surface area (Å²) < 4.78 is 27.1. The van der Waals surface area contributed by atoms with Gasteiger partial charge in [-0.2, -0.15) is 0 Å². The number of amides is 2. The van der Waals surface area contributed by atoms with Crippen LogP contribution >= 0.6 is 11.6 Å². The average molecular weight is 467 g/mol. The number of nitrogens with zero attached hydrogens (tertiary/aromatic N) is 2. The van der Waals surface area contributed by atoms with E-state index in [4.69, 9.17) is 11.6 Å². The van der Waals surface area contributed by atoms with E-state index in [0.29, 0.717) is 22.0 Å². The van der Waals surface area contributed by atoms with Gasteiger partial charge in [0.25, 0.3) is 10.8 Å². The first-order chi connectivity index (χ1) is 15.3. The first-order valence-corrected chi connectivity index (χ1v) is 12.1. The summed E-state index contributed by atoms with van der Waals surface area (Å²) >= 11 is 6.12. The quantitative estimate of drug-likeness (QED) is 0.588. The zero-order valence-electron chi connectivity index (χ0n) is 17.2. The maximum atomic E-state index is 14.0. The van der Waals surface area contributed by atoms with Gasteiger partial charge in [0, 0.05) is 16.3 Å². The van der Waals surface area contributed by atoms with Crippen LogP contribution in [0.4, 0.5) is 11.4 Å². The van der Waals surface area contributed by atoms with Gasteiger partial charge in [0.2, 0.25) is 5.91 Å². The summed E-state index contributed by atoms with van der Waals surface area (Å²) in [4.78, 5) is 27.6. The number of carbonyl (C=O) groups excluding carboxylic acids is 2. The van der Waals surface area contributed by atoms with Crippen LogP contribution in [0.1, 0.15) is 16.7 Å². The van der Waals surface area contributed by atoms with Gasteiger partial charge >= 0.3 is 0 Å². The van der Waals surface area contributed by atoms with Crippen LogP contribution < -0.4 is 9.80 Å². The fraction of sp³-hybridized carbons (Fsp3) is 0.167. The van der Waals surface area contributed by atoms with E-state index in [1.165, 1.54) is 4.90 Å². The lowest BCUT2D eigenvalue weighted by Gasteiger charge is -2.32. The minimum Gasteiger partial charge on any atom is -0.304 e. The summed E-state index contributed by atoms with van der Waals surface area (Å²) in [5.74, 6) is -2.01. The second kappa shape index (κ2) is 7.18. The van der Waals surface area contributed by atoms with Gasteiger partial charge in [0.15, 0.2) is 9.84 Å². The molecule has 6 nitrogen and oxygen atoms in total.